The molecule has 0 fully saturated rings. The van der Waals surface area contributed by atoms with Crippen molar-refractivity contribution in [1.29, 1.82) is 0 Å². The molecule has 0 aromatic rings. The fourth-order valence-corrected chi connectivity index (χ4v) is 0.510. The van der Waals surface area contributed by atoms with Crippen LogP contribution in [0.2, 0.25) is 0 Å². The maximum absolute atomic E-state index is 10.6. The van der Waals surface area contributed by atoms with Gasteiger partial charge < -0.3 is 0 Å². The van der Waals surface area contributed by atoms with E-state index in [4.69, 9.17) is 0 Å². The maximum Gasteiger partial charge on any atom is 0.385 e. The molecule has 0 aromatic carbocycles. The Morgan fingerprint density at radius 1 is 1.56 bits per heavy atom. The van der Waals surface area contributed by atoms with Crippen molar-refractivity contribution in [2.75, 3.05) is 0 Å². The van der Waals surface area contributed by atoms with Gasteiger partial charge in [0.05, 0.1) is 6.04 Å². The number of hydrogen-bond donors (Lipinski definition) is 0. The molecule has 0 atom stereocenters. The number of hydrogen-bond acceptors (Lipinski definition) is 3. The zero-order valence-electron chi connectivity index (χ0n) is 5.27. The zero-order chi connectivity index (χ0) is 6.85. The number of nitrogens with zero attached hydrogens (tertiary/aromatic N) is 4. The van der Waals surface area contributed by atoms with Gasteiger partial charge in [0, 0.05) is 0 Å². The first-order valence-corrected chi connectivity index (χ1v) is 2.66. The first kappa shape index (κ1) is 6.00. The summed E-state index contributed by atoms with van der Waals surface area (Å²) < 4.78 is 0. The Balaban J connectivity index is 2.59. The summed E-state index contributed by atoms with van der Waals surface area (Å²) in [6, 6.07) is -0.336. The van der Waals surface area contributed by atoms with Gasteiger partial charge in [0.25, 0.3) is 0 Å². The molecule has 5 heteroatoms. The lowest BCUT2D eigenvalue weighted by atomic mass is 10.4. The summed E-state index contributed by atoms with van der Waals surface area (Å²) in [6.45, 7) is 3.69. The third-order valence-corrected chi connectivity index (χ3v) is 0.952. The van der Waals surface area contributed by atoms with Crippen molar-refractivity contribution >= 4 is 6.03 Å². The van der Waals surface area contributed by atoms with Crippen LogP contribution in [0.3, 0.4) is 0 Å². The van der Waals surface area contributed by atoms with Crippen molar-refractivity contribution < 1.29 is 4.79 Å². The Morgan fingerprint density at radius 2 is 2.22 bits per heavy atom. The van der Waals surface area contributed by atoms with Crippen LogP contribution in [-0.4, -0.2) is 17.1 Å². The maximum atomic E-state index is 10.6. The summed E-state index contributed by atoms with van der Waals surface area (Å²) in [4.78, 5) is 10.6. The largest absolute Gasteiger partial charge is 0.385 e. The molecule has 1 aliphatic heterocycles. The molecule has 0 saturated heterocycles. The average molecular weight is 127 g/mol. The summed E-state index contributed by atoms with van der Waals surface area (Å²) >= 11 is 0. The average Bonchev–Trinajstić information content (AvgIpc) is 2.13. The summed E-state index contributed by atoms with van der Waals surface area (Å²) in [7, 11) is 0. The van der Waals surface area contributed by atoms with Crippen molar-refractivity contribution in [3.05, 3.63) is 0 Å². The van der Waals surface area contributed by atoms with E-state index >= 15 is 0 Å². The molecule has 0 aliphatic carbocycles. The number of carbonyl (C=O) groups excluding carboxylic acids is 1. The lowest BCUT2D eigenvalue weighted by Gasteiger charge is -2.10. The summed E-state index contributed by atoms with van der Waals surface area (Å²) in [5.74, 6) is 0. The smallest absolute Gasteiger partial charge is 0.242 e. The second-order valence-electron chi connectivity index (χ2n) is 2.00. The molecule has 0 N–H and O–H groups in total. The van der Waals surface area contributed by atoms with E-state index in [0.717, 1.165) is 0 Å². The highest BCUT2D eigenvalue weighted by atomic mass is 16.2. The van der Waals surface area contributed by atoms with Crippen LogP contribution in [0.1, 0.15) is 13.8 Å². The SMILES string of the molecule is CC(C)N1N=N[N]C1=O. The Kier molecular flexibility index (Phi) is 1.33. The van der Waals surface area contributed by atoms with E-state index in [1.165, 1.54) is 5.01 Å². The van der Waals surface area contributed by atoms with Gasteiger partial charge in [-0.2, -0.15) is 5.01 Å². The van der Waals surface area contributed by atoms with Gasteiger partial charge in [-0.1, -0.05) is 5.43 Å². The quantitative estimate of drug-likeness (QED) is 0.511. The molecule has 1 aliphatic rings. The van der Waals surface area contributed by atoms with Crippen LogP contribution in [0, 0.1) is 0 Å². The van der Waals surface area contributed by atoms with Gasteiger partial charge in [-0.05, 0) is 24.3 Å². The van der Waals surface area contributed by atoms with Crippen molar-refractivity contribution in [3.8, 4) is 0 Å². The van der Waals surface area contributed by atoms with Crippen LogP contribution in [0.4, 0.5) is 4.79 Å². The Labute approximate surface area is 52.7 Å². The van der Waals surface area contributed by atoms with E-state index in [9.17, 15) is 4.79 Å². The second-order valence-corrected chi connectivity index (χ2v) is 2.00. The molecule has 0 spiro atoms. The third-order valence-electron chi connectivity index (χ3n) is 0.952. The lowest BCUT2D eigenvalue weighted by molar-refractivity contribution is 0.198. The zero-order valence-corrected chi connectivity index (χ0v) is 5.27. The number of amides is 2. The van der Waals surface area contributed by atoms with Crippen molar-refractivity contribution in [1.82, 2.24) is 10.4 Å². The second kappa shape index (κ2) is 2.00. The van der Waals surface area contributed by atoms with E-state index in [1.807, 2.05) is 13.8 Å². The van der Waals surface area contributed by atoms with E-state index in [-0.39, 0.29) is 12.1 Å². The van der Waals surface area contributed by atoms with E-state index in [2.05, 4.69) is 15.9 Å². The first-order valence-electron chi connectivity index (χ1n) is 2.66. The highest BCUT2D eigenvalue weighted by molar-refractivity contribution is 5.74. The fourth-order valence-electron chi connectivity index (χ4n) is 0.510. The number of rotatable bonds is 1. The van der Waals surface area contributed by atoms with Crippen LogP contribution < -0.4 is 5.43 Å². The van der Waals surface area contributed by atoms with Crippen LogP contribution in [0.25, 0.3) is 0 Å². The molecule has 1 heterocycles. The van der Waals surface area contributed by atoms with E-state index in [0.29, 0.717) is 0 Å². The normalized spacial score (nSPS) is 17.2. The first-order chi connectivity index (χ1) is 4.22. The summed E-state index contributed by atoms with van der Waals surface area (Å²) in [5, 5.41) is 7.87. The van der Waals surface area contributed by atoms with E-state index in [1.54, 1.807) is 0 Å². The molecule has 2 amide bonds. The van der Waals surface area contributed by atoms with E-state index < -0.39 is 0 Å². The van der Waals surface area contributed by atoms with Gasteiger partial charge in [-0.3, -0.25) is 0 Å². The standard InChI is InChI=1S/C4H7N4O/c1-3(2)8-4(9)5-6-7-8/h3H,1-2H3. The Morgan fingerprint density at radius 3 is 2.44 bits per heavy atom. The van der Waals surface area contributed by atoms with Crippen LogP contribution in [0.5, 0.6) is 0 Å². The third kappa shape index (κ3) is 0.984. The molecule has 0 saturated carbocycles. The monoisotopic (exact) mass is 127 g/mol. The topological polar surface area (TPSA) is 59.1 Å². The van der Waals surface area contributed by atoms with Crippen molar-refractivity contribution in [3.63, 3.8) is 0 Å². The minimum Gasteiger partial charge on any atom is -0.242 e. The molecule has 0 unspecified atom stereocenters. The van der Waals surface area contributed by atoms with Gasteiger partial charge in [0.2, 0.25) is 0 Å². The summed E-state index contributed by atoms with van der Waals surface area (Å²) in [5.41, 5.74) is 3.18. The van der Waals surface area contributed by atoms with Gasteiger partial charge in [-0.25, -0.2) is 4.79 Å². The van der Waals surface area contributed by atoms with Gasteiger partial charge >= 0.3 is 6.03 Å². The molecule has 5 nitrogen and oxygen atoms in total. The molecule has 1 radical (unpaired) electrons. The Hall–Kier alpha value is -1.13. The molecule has 1 rings (SSSR count). The molecule has 9 heavy (non-hydrogen) atoms. The fraction of sp³-hybridized carbons (Fsp3) is 0.750. The molecular weight excluding hydrogens is 120 g/mol. The summed E-state index contributed by atoms with van der Waals surface area (Å²) in [6.07, 6.45) is 0. The predicted molar refractivity (Wildman–Crippen MR) is 29.4 cm³/mol. The van der Waals surface area contributed by atoms with Gasteiger partial charge in [-0.15, -0.1) is 0 Å². The lowest BCUT2D eigenvalue weighted by Crippen LogP contribution is -2.30. The molecular formula is C4H7N4O. The van der Waals surface area contributed by atoms with Gasteiger partial charge in [0.15, 0.2) is 0 Å². The minimum absolute atomic E-state index is 0.0486. The minimum atomic E-state index is -0.384. The van der Waals surface area contributed by atoms with Crippen molar-refractivity contribution in [2.45, 2.75) is 19.9 Å². The molecule has 0 bridgehead atoms. The Bertz CT molecular complexity index is 153. The van der Waals surface area contributed by atoms with Gasteiger partial charge in [0.1, 0.15) is 0 Å². The molecule has 49 valence electrons. The van der Waals surface area contributed by atoms with Crippen LogP contribution in [-0.2, 0) is 0 Å². The number of urea groups is 1. The number of carbonyl (C=O) groups is 1. The molecule has 0 aromatic heterocycles. The highest BCUT2D eigenvalue weighted by Gasteiger charge is 2.22. The van der Waals surface area contributed by atoms with Crippen LogP contribution in [0.15, 0.2) is 10.4 Å². The van der Waals surface area contributed by atoms with Crippen LogP contribution >= 0.6 is 0 Å². The predicted octanol–water partition coefficient (Wildman–Crippen LogP) is 0.717. The van der Waals surface area contributed by atoms with Crippen molar-refractivity contribution in [2.24, 2.45) is 10.4 Å². The highest BCUT2D eigenvalue weighted by Crippen LogP contribution is 2.05.